The van der Waals surface area contributed by atoms with Gasteiger partial charge in [-0.2, -0.15) is 0 Å². The van der Waals surface area contributed by atoms with Crippen molar-refractivity contribution in [1.29, 1.82) is 0 Å². The lowest BCUT2D eigenvalue weighted by molar-refractivity contribution is 0.633. The van der Waals surface area contributed by atoms with E-state index >= 15 is 0 Å². The van der Waals surface area contributed by atoms with E-state index in [0.717, 1.165) is 27.8 Å². The van der Waals surface area contributed by atoms with E-state index in [4.69, 9.17) is 15.0 Å². The van der Waals surface area contributed by atoms with Crippen LogP contribution in [0.15, 0.2) is 224 Å². The second-order valence-corrected chi connectivity index (χ2v) is 16.6. The van der Waals surface area contributed by atoms with Crippen LogP contribution in [0.2, 0.25) is 0 Å². The van der Waals surface area contributed by atoms with E-state index in [1.807, 2.05) is 24.3 Å². The lowest BCUT2D eigenvalue weighted by atomic mass is 9.52. The van der Waals surface area contributed by atoms with Gasteiger partial charge in [0.25, 0.3) is 0 Å². The molecule has 62 heavy (non-hydrogen) atoms. The van der Waals surface area contributed by atoms with Crippen LogP contribution < -0.4 is 0 Å². The first-order chi connectivity index (χ1) is 30.7. The van der Waals surface area contributed by atoms with Crippen molar-refractivity contribution in [3.8, 4) is 67.5 Å². The molecule has 3 nitrogen and oxygen atoms in total. The molecule has 0 saturated carbocycles. The molecule has 0 bridgehead atoms. The Kier molecular flexibility index (Phi) is 7.44. The number of aromatic nitrogens is 3. The van der Waals surface area contributed by atoms with Crippen LogP contribution in [0.25, 0.3) is 67.5 Å². The highest BCUT2D eigenvalue weighted by Gasteiger charge is 2.59. The summed E-state index contributed by atoms with van der Waals surface area (Å²) >= 11 is 0. The molecule has 0 aliphatic heterocycles. The maximum absolute atomic E-state index is 5.37. The van der Waals surface area contributed by atoms with E-state index in [2.05, 4.69) is 200 Å². The van der Waals surface area contributed by atoms with E-state index in [0.29, 0.717) is 17.5 Å². The Morgan fingerprint density at radius 1 is 0.210 bits per heavy atom. The smallest absolute Gasteiger partial charge is 0.164 e. The predicted octanol–water partition coefficient (Wildman–Crippen LogP) is 13.6. The third kappa shape index (κ3) is 4.68. The summed E-state index contributed by atoms with van der Waals surface area (Å²) in [6.45, 7) is 0. The van der Waals surface area contributed by atoms with Crippen LogP contribution >= 0.6 is 0 Å². The fourth-order valence-electron chi connectivity index (χ4n) is 11.2. The molecule has 0 saturated heterocycles. The average molecular weight is 788 g/mol. The third-order valence-electron chi connectivity index (χ3n) is 13.6. The van der Waals surface area contributed by atoms with E-state index in [-0.39, 0.29) is 0 Å². The first-order valence-electron chi connectivity index (χ1n) is 21.4. The fraction of sp³-hybridized carbons (Fsp3) is 0.0339. The minimum Gasteiger partial charge on any atom is -0.208 e. The Hall–Kier alpha value is -8.01. The van der Waals surface area contributed by atoms with Crippen LogP contribution in [0.4, 0.5) is 0 Å². The van der Waals surface area contributed by atoms with Crippen molar-refractivity contribution >= 4 is 0 Å². The maximum Gasteiger partial charge on any atom is 0.164 e. The molecule has 3 aliphatic rings. The van der Waals surface area contributed by atoms with Gasteiger partial charge < -0.3 is 0 Å². The third-order valence-corrected chi connectivity index (χ3v) is 13.6. The monoisotopic (exact) mass is 787 g/mol. The zero-order valence-corrected chi connectivity index (χ0v) is 33.7. The van der Waals surface area contributed by atoms with Crippen LogP contribution in [-0.4, -0.2) is 15.0 Å². The largest absolute Gasteiger partial charge is 0.208 e. The van der Waals surface area contributed by atoms with Gasteiger partial charge in [-0.3, -0.25) is 0 Å². The number of fused-ring (bicyclic) bond motifs is 16. The van der Waals surface area contributed by atoms with Crippen LogP contribution in [0.3, 0.4) is 0 Å². The number of hydrogen-bond acceptors (Lipinski definition) is 3. The Bertz CT molecular complexity index is 3330. The van der Waals surface area contributed by atoms with Crippen molar-refractivity contribution in [2.75, 3.05) is 0 Å². The lowest BCUT2D eigenvalue weighted by Gasteiger charge is -2.49. The molecule has 0 atom stereocenters. The molecule has 1 heterocycles. The quantitative estimate of drug-likeness (QED) is 0.178. The number of benzene rings is 9. The highest BCUT2D eigenvalue weighted by atomic mass is 15.0. The normalized spacial score (nSPS) is 14.1. The van der Waals surface area contributed by atoms with Crippen LogP contribution in [-0.2, 0) is 10.8 Å². The fourth-order valence-corrected chi connectivity index (χ4v) is 11.2. The Labute approximate surface area is 360 Å². The molecule has 3 heteroatoms. The summed E-state index contributed by atoms with van der Waals surface area (Å²) in [5, 5.41) is 0. The molecular weight excluding hydrogens is 751 g/mol. The van der Waals surface area contributed by atoms with Gasteiger partial charge in [0.05, 0.1) is 10.8 Å². The molecule has 0 unspecified atom stereocenters. The molecule has 2 spiro atoms. The Morgan fingerprint density at radius 2 is 0.548 bits per heavy atom. The molecule has 0 fully saturated rings. The molecule has 13 rings (SSSR count). The summed E-state index contributed by atoms with van der Waals surface area (Å²) < 4.78 is 0. The topological polar surface area (TPSA) is 38.7 Å². The highest BCUT2D eigenvalue weighted by Crippen LogP contribution is 2.67. The number of nitrogens with zero attached hydrogens (tertiary/aromatic N) is 3. The zero-order valence-electron chi connectivity index (χ0n) is 33.7. The van der Waals surface area contributed by atoms with Crippen molar-refractivity contribution in [2.45, 2.75) is 10.8 Å². The molecule has 288 valence electrons. The molecule has 1 aromatic heterocycles. The summed E-state index contributed by atoms with van der Waals surface area (Å²) in [5.41, 5.74) is 19.3. The minimum absolute atomic E-state index is 0.563. The molecule has 0 radical (unpaired) electrons. The molecule has 10 aromatic rings. The van der Waals surface area contributed by atoms with Crippen LogP contribution in [0.1, 0.15) is 44.5 Å². The number of hydrogen-bond donors (Lipinski definition) is 0. The van der Waals surface area contributed by atoms with Gasteiger partial charge in [0.15, 0.2) is 17.5 Å². The van der Waals surface area contributed by atoms with Crippen LogP contribution in [0.5, 0.6) is 0 Å². The van der Waals surface area contributed by atoms with Gasteiger partial charge in [-0.05, 0) is 90.0 Å². The molecule has 0 N–H and O–H groups in total. The van der Waals surface area contributed by atoms with E-state index < -0.39 is 10.8 Å². The molecular formula is C59H37N3. The van der Waals surface area contributed by atoms with Gasteiger partial charge >= 0.3 is 0 Å². The summed E-state index contributed by atoms with van der Waals surface area (Å²) in [5.74, 6) is 1.91. The second kappa shape index (κ2) is 13.2. The van der Waals surface area contributed by atoms with Crippen molar-refractivity contribution in [2.24, 2.45) is 0 Å². The van der Waals surface area contributed by atoms with E-state index in [1.54, 1.807) is 0 Å². The van der Waals surface area contributed by atoms with Crippen LogP contribution in [0, 0.1) is 0 Å². The first-order valence-corrected chi connectivity index (χ1v) is 21.4. The van der Waals surface area contributed by atoms with Crippen molar-refractivity contribution in [3.05, 3.63) is 269 Å². The van der Waals surface area contributed by atoms with Gasteiger partial charge in [-0.1, -0.05) is 212 Å². The summed E-state index contributed by atoms with van der Waals surface area (Å²) in [7, 11) is 0. The van der Waals surface area contributed by atoms with Gasteiger partial charge in [0.1, 0.15) is 0 Å². The summed E-state index contributed by atoms with van der Waals surface area (Å²) in [6.07, 6.45) is 0. The molecule has 9 aromatic carbocycles. The van der Waals surface area contributed by atoms with Gasteiger partial charge in [0.2, 0.25) is 0 Å². The van der Waals surface area contributed by atoms with E-state index in [9.17, 15) is 0 Å². The molecule has 0 amide bonds. The maximum atomic E-state index is 5.37. The van der Waals surface area contributed by atoms with Crippen molar-refractivity contribution in [3.63, 3.8) is 0 Å². The van der Waals surface area contributed by atoms with Gasteiger partial charge in [-0.15, -0.1) is 0 Å². The highest BCUT2D eigenvalue weighted by molar-refractivity contribution is 5.94. The zero-order chi connectivity index (χ0) is 40.8. The van der Waals surface area contributed by atoms with Gasteiger partial charge in [0, 0.05) is 16.7 Å². The van der Waals surface area contributed by atoms with Crippen molar-refractivity contribution in [1.82, 2.24) is 15.0 Å². The first kappa shape index (κ1) is 34.8. The second-order valence-electron chi connectivity index (χ2n) is 16.6. The summed E-state index contributed by atoms with van der Waals surface area (Å²) in [4.78, 5) is 15.9. The Balaban J connectivity index is 1.13. The average Bonchev–Trinajstić information content (AvgIpc) is 3.82. The minimum atomic E-state index is -0.616. The van der Waals surface area contributed by atoms with Gasteiger partial charge in [-0.25, -0.2) is 15.0 Å². The van der Waals surface area contributed by atoms with Crippen molar-refractivity contribution < 1.29 is 0 Å². The lowest BCUT2D eigenvalue weighted by Crippen LogP contribution is -2.43. The summed E-state index contributed by atoms with van der Waals surface area (Å²) in [6, 6.07) is 81.7. The SMILES string of the molecule is c1ccc(-c2cccc(-c3nc(-c4ccccc4)nc(-c4ccc5c(c4)C4(c6ccccc6-c6ccccc64)c4ccccc4C54c5ccccc5-c5ccccc54)n3)c2)cc1. The molecule has 3 aliphatic carbocycles. The van der Waals surface area contributed by atoms with E-state index in [1.165, 1.54) is 66.8 Å². The Morgan fingerprint density at radius 3 is 1.05 bits per heavy atom. The predicted molar refractivity (Wildman–Crippen MR) is 250 cm³/mol. The standard InChI is InChI=1S/C59H37N3/c1-3-18-38(19-4-1)40-22-17-23-41(36-40)56-60-55(39-20-5-2-6-21-39)61-57(62-56)42-34-35-53-54(37-42)59(49-30-13-9-26-45(49)46-27-10-14-31-50(46)59)52-33-16-15-32-51(52)58(53)47-28-11-7-24-43(47)44-25-8-12-29-48(44)58/h1-37H. The number of rotatable bonds is 4.